The second kappa shape index (κ2) is 4.84. The highest BCUT2D eigenvalue weighted by molar-refractivity contribution is 7.91. The Bertz CT molecular complexity index is 487. The smallest absolute Gasteiger partial charge is 0.272 e. The quantitative estimate of drug-likeness (QED) is 0.772. The SMILES string of the molecule is Nc1nnc(S(=O)(=O)N2CCCC(CO)C2)s1. The van der Waals surface area contributed by atoms with Crippen molar-refractivity contribution >= 4 is 26.5 Å². The van der Waals surface area contributed by atoms with Crippen LogP contribution in [0.1, 0.15) is 12.8 Å². The Labute approximate surface area is 103 Å². The molecule has 0 amide bonds. The molecule has 1 aliphatic rings. The number of rotatable bonds is 3. The third kappa shape index (κ3) is 2.57. The number of aliphatic hydroxyl groups excluding tert-OH is 1. The third-order valence-corrected chi connectivity index (χ3v) is 5.69. The first-order chi connectivity index (χ1) is 8.04. The van der Waals surface area contributed by atoms with E-state index in [0.29, 0.717) is 13.1 Å². The van der Waals surface area contributed by atoms with E-state index in [1.165, 1.54) is 4.31 Å². The van der Waals surface area contributed by atoms with E-state index in [1.807, 2.05) is 0 Å². The molecule has 1 atom stereocenters. The molecule has 2 heterocycles. The van der Waals surface area contributed by atoms with Crippen molar-refractivity contribution in [2.45, 2.75) is 17.2 Å². The lowest BCUT2D eigenvalue weighted by atomic mass is 10.0. The van der Waals surface area contributed by atoms with Gasteiger partial charge in [-0.3, -0.25) is 0 Å². The topological polar surface area (TPSA) is 109 Å². The van der Waals surface area contributed by atoms with Crippen LogP contribution in [0, 0.1) is 5.92 Å². The van der Waals surface area contributed by atoms with Crippen LogP contribution in [-0.2, 0) is 10.0 Å². The molecule has 1 aromatic heterocycles. The number of piperidine rings is 1. The molecule has 0 bridgehead atoms. The molecule has 1 unspecified atom stereocenters. The molecule has 1 aliphatic heterocycles. The van der Waals surface area contributed by atoms with Gasteiger partial charge in [-0.2, -0.15) is 4.31 Å². The van der Waals surface area contributed by atoms with Gasteiger partial charge in [0.15, 0.2) is 0 Å². The monoisotopic (exact) mass is 278 g/mol. The van der Waals surface area contributed by atoms with Crippen molar-refractivity contribution in [2.24, 2.45) is 5.92 Å². The summed E-state index contributed by atoms with van der Waals surface area (Å²) >= 11 is 0.861. The van der Waals surface area contributed by atoms with Crippen molar-refractivity contribution in [1.29, 1.82) is 0 Å². The Morgan fingerprint density at radius 3 is 2.88 bits per heavy atom. The van der Waals surface area contributed by atoms with Crippen molar-refractivity contribution < 1.29 is 13.5 Å². The molecule has 0 radical (unpaired) electrons. The summed E-state index contributed by atoms with van der Waals surface area (Å²) in [4.78, 5) is 0. The van der Waals surface area contributed by atoms with Gasteiger partial charge in [-0.15, -0.1) is 10.2 Å². The molecule has 0 spiro atoms. The maximum atomic E-state index is 12.2. The van der Waals surface area contributed by atoms with Gasteiger partial charge in [-0.05, 0) is 18.8 Å². The zero-order valence-electron chi connectivity index (χ0n) is 9.11. The molecule has 7 nitrogen and oxygen atoms in total. The number of hydrogen-bond acceptors (Lipinski definition) is 7. The number of nitrogens with two attached hydrogens (primary N) is 1. The van der Waals surface area contributed by atoms with Crippen molar-refractivity contribution in [2.75, 3.05) is 25.4 Å². The van der Waals surface area contributed by atoms with Crippen LogP contribution in [0.5, 0.6) is 0 Å². The Kier molecular flexibility index (Phi) is 3.61. The summed E-state index contributed by atoms with van der Waals surface area (Å²) in [6.45, 7) is 0.793. The van der Waals surface area contributed by atoms with E-state index in [1.54, 1.807) is 0 Å². The molecule has 3 N–H and O–H groups in total. The molecular formula is C8H14N4O3S2. The Balaban J connectivity index is 2.21. The second-order valence-corrected chi connectivity index (χ2v) is 7.08. The van der Waals surface area contributed by atoms with Crippen LogP contribution in [0.3, 0.4) is 0 Å². The van der Waals surface area contributed by atoms with E-state index in [9.17, 15) is 8.42 Å². The first-order valence-corrected chi connectivity index (χ1v) is 7.49. The number of anilines is 1. The van der Waals surface area contributed by atoms with Gasteiger partial charge in [0.2, 0.25) is 9.47 Å². The number of sulfonamides is 1. The molecule has 0 saturated carbocycles. The van der Waals surface area contributed by atoms with Crippen LogP contribution < -0.4 is 5.73 Å². The average molecular weight is 278 g/mol. The van der Waals surface area contributed by atoms with Crippen LogP contribution in [0.25, 0.3) is 0 Å². The Morgan fingerprint density at radius 2 is 2.29 bits per heavy atom. The fraction of sp³-hybridized carbons (Fsp3) is 0.750. The number of aromatic nitrogens is 2. The maximum absolute atomic E-state index is 12.2. The van der Waals surface area contributed by atoms with Crippen LogP contribution in [0.4, 0.5) is 5.13 Å². The minimum absolute atomic E-state index is 0.00351. The highest BCUT2D eigenvalue weighted by Crippen LogP contribution is 2.25. The minimum atomic E-state index is -3.60. The summed E-state index contributed by atoms with van der Waals surface area (Å²) in [5.41, 5.74) is 5.38. The predicted octanol–water partition coefficient (Wildman–Crippen LogP) is -0.487. The molecule has 17 heavy (non-hydrogen) atoms. The van der Waals surface area contributed by atoms with Gasteiger partial charge in [0.1, 0.15) is 0 Å². The van der Waals surface area contributed by atoms with Gasteiger partial charge < -0.3 is 10.8 Å². The number of nitrogens with zero attached hydrogens (tertiary/aromatic N) is 3. The molecule has 1 aromatic rings. The predicted molar refractivity (Wildman–Crippen MR) is 62.9 cm³/mol. The lowest BCUT2D eigenvalue weighted by Crippen LogP contribution is -2.40. The molecule has 1 fully saturated rings. The molecule has 2 rings (SSSR count). The molecule has 1 saturated heterocycles. The third-order valence-electron chi connectivity index (χ3n) is 2.72. The highest BCUT2D eigenvalue weighted by atomic mass is 32.2. The van der Waals surface area contributed by atoms with Crippen LogP contribution in [-0.4, -0.2) is 47.7 Å². The van der Waals surface area contributed by atoms with Gasteiger partial charge in [0.05, 0.1) is 0 Å². The van der Waals surface area contributed by atoms with Crippen LogP contribution >= 0.6 is 11.3 Å². The molecule has 0 aliphatic carbocycles. The highest BCUT2D eigenvalue weighted by Gasteiger charge is 2.32. The standard InChI is InChI=1S/C8H14N4O3S2/c9-7-10-11-8(16-7)17(14,15)12-3-1-2-6(4-12)5-13/h6,13H,1-5H2,(H2,9,10). The van der Waals surface area contributed by atoms with Crippen LogP contribution in [0.2, 0.25) is 0 Å². The number of aliphatic hydroxyl groups is 1. The molecule has 96 valence electrons. The summed E-state index contributed by atoms with van der Waals surface area (Å²) in [6, 6.07) is 0. The van der Waals surface area contributed by atoms with Gasteiger partial charge >= 0.3 is 0 Å². The van der Waals surface area contributed by atoms with E-state index in [-0.39, 0.29) is 22.0 Å². The number of hydrogen-bond donors (Lipinski definition) is 2. The minimum Gasteiger partial charge on any atom is -0.396 e. The summed E-state index contributed by atoms with van der Waals surface area (Å²) in [6.07, 6.45) is 1.60. The van der Waals surface area contributed by atoms with E-state index in [2.05, 4.69) is 10.2 Å². The first kappa shape index (κ1) is 12.7. The lowest BCUT2D eigenvalue weighted by molar-refractivity contribution is 0.165. The molecule has 9 heteroatoms. The lowest BCUT2D eigenvalue weighted by Gasteiger charge is -2.29. The van der Waals surface area contributed by atoms with Crippen molar-refractivity contribution in [3.05, 3.63) is 0 Å². The first-order valence-electron chi connectivity index (χ1n) is 5.24. The van der Waals surface area contributed by atoms with Gasteiger partial charge in [-0.1, -0.05) is 11.3 Å². The normalized spacial score (nSPS) is 22.8. The Hall–Kier alpha value is -0.770. The van der Waals surface area contributed by atoms with Crippen molar-refractivity contribution in [3.63, 3.8) is 0 Å². The largest absolute Gasteiger partial charge is 0.396 e. The zero-order chi connectivity index (χ0) is 12.5. The number of nitrogen functional groups attached to an aromatic ring is 1. The summed E-state index contributed by atoms with van der Waals surface area (Å²) < 4.78 is 25.6. The van der Waals surface area contributed by atoms with E-state index < -0.39 is 10.0 Å². The van der Waals surface area contributed by atoms with Crippen molar-refractivity contribution in [3.8, 4) is 0 Å². The van der Waals surface area contributed by atoms with Crippen molar-refractivity contribution in [1.82, 2.24) is 14.5 Å². The summed E-state index contributed by atoms with van der Waals surface area (Å²) in [5.74, 6) is 0.00351. The zero-order valence-corrected chi connectivity index (χ0v) is 10.7. The van der Waals surface area contributed by atoms with Gasteiger partial charge in [0.25, 0.3) is 10.0 Å². The van der Waals surface area contributed by atoms with E-state index in [4.69, 9.17) is 10.8 Å². The van der Waals surface area contributed by atoms with Crippen LogP contribution in [0.15, 0.2) is 4.34 Å². The molecular weight excluding hydrogens is 264 g/mol. The molecule has 0 aromatic carbocycles. The van der Waals surface area contributed by atoms with E-state index in [0.717, 1.165) is 24.2 Å². The fourth-order valence-corrected chi connectivity index (χ4v) is 4.31. The average Bonchev–Trinajstić information content (AvgIpc) is 2.76. The summed E-state index contributed by atoms with van der Waals surface area (Å²) in [7, 11) is -3.60. The second-order valence-electron chi connectivity index (χ2n) is 3.96. The van der Waals surface area contributed by atoms with E-state index >= 15 is 0 Å². The van der Waals surface area contributed by atoms with Gasteiger partial charge in [0, 0.05) is 19.7 Å². The fourth-order valence-electron chi connectivity index (χ4n) is 1.83. The maximum Gasteiger partial charge on any atom is 0.272 e. The summed E-state index contributed by atoms with van der Waals surface area (Å²) in [5, 5.41) is 16.3. The Morgan fingerprint density at radius 1 is 1.53 bits per heavy atom. The van der Waals surface area contributed by atoms with Gasteiger partial charge in [-0.25, -0.2) is 8.42 Å².